The van der Waals surface area contributed by atoms with Crippen LogP contribution in [0.5, 0.6) is 0 Å². The molecule has 0 bridgehead atoms. The highest BCUT2D eigenvalue weighted by Gasteiger charge is 2.51. The maximum absolute atomic E-state index is 12.7. The van der Waals surface area contributed by atoms with E-state index < -0.39 is 18.3 Å². The Labute approximate surface area is 171 Å². The second-order valence-electron chi connectivity index (χ2n) is 8.15. The molecule has 3 rings (SSSR count). The normalized spacial score (nSPS) is 17.1. The molecule has 4 N–H and O–H groups in total. The zero-order valence-electron chi connectivity index (χ0n) is 17.3. The molecule has 0 aromatic heterocycles. The fraction of sp³-hybridized carbons (Fsp3) is 0.333. The molecule has 1 aliphatic rings. The number of rotatable bonds is 4. The molecule has 2 aromatic carbocycles. The highest BCUT2D eigenvalue weighted by atomic mass is 16.7. The molecule has 0 aliphatic carbocycles. The summed E-state index contributed by atoms with van der Waals surface area (Å²) in [5.41, 5.74) is 7.73. The van der Waals surface area contributed by atoms with Crippen molar-refractivity contribution in [2.45, 2.75) is 45.8 Å². The van der Waals surface area contributed by atoms with Gasteiger partial charge in [-0.05, 0) is 63.5 Å². The summed E-state index contributed by atoms with van der Waals surface area (Å²) in [6, 6.07) is 12.0. The lowest BCUT2D eigenvalue weighted by atomic mass is 9.79. The number of carbonyl (C=O) groups is 2. The number of nitrogens with two attached hydrogens (primary N) is 1. The van der Waals surface area contributed by atoms with Gasteiger partial charge >= 0.3 is 7.12 Å². The van der Waals surface area contributed by atoms with Gasteiger partial charge in [-0.15, -0.1) is 0 Å². The Morgan fingerprint density at radius 3 is 2.24 bits per heavy atom. The van der Waals surface area contributed by atoms with Gasteiger partial charge in [-0.1, -0.05) is 12.1 Å². The van der Waals surface area contributed by atoms with Gasteiger partial charge in [0.2, 0.25) is 5.91 Å². The molecule has 1 saturated heterocycles. The minimum absolute atomic E-state index is 0.207. The molecular formula is C21H26BN3O4. The lowest BCUT2D eigenvalue weighted by Crippen LogP contribution is -2.41. The fourth-order valence-corrected chi connectivity index (χ4v) is 2.94. The fourth-order valence-electron chi connectivity index (χ4n) is 2.94. The number of hydrogen-bond acceptors (Lipinski definition) is 5. The SMILES string of the molecule is CC(=O)Nc1cccc(C(=O)Nc2cc(B3OC(C)(C)C(C)(C)O3)ccc2N)c1. The highest BCUT2D eigenvalue weighted by Crippen LogP contribution is 2.36. The molecule has 8 heteroatoms. The maximum atomic E-state index is 12.7. The van der Waals surface area contributed by atoms with E-state index in [1.807, 2.05) is 33.8 Å². The van der Waals surface area contributed by atoms with Crippen molar-refractivity contribution in [3.8, 4) is 0 Å². The van der Waals surface area contributed by atoms with Crippen molar-refractivity contribution in [3.63, 3.8) is 0 Å². The summed E-state index contributed by atoms with van der Waals surface area (Å²) in [5, 5.41) is 5.48. The smallest absolute Gasteiger partial charge is 0.399 e. The van der Waals surface area contributed by atoms with E-state index in [4.69, 9.17) is 15.0 Å². The van der Waals surface area contributed by atoms with Crippen molar-refractivity contribution in [1.82, 2.24) is 0 Å². The predicted molar refractivity (Wildman–Crippen MR) is 115 cm³/mol. The molecule has 2 aromatic rings. The van der Waals surface area contributed by atoms with Crippen LogP contribution in [0.1, 0.15) is 45.0 Å². The molecule has 1 aliphatic heterocycles. The Hall–Kier alpha value is -2.84. The van der Waals surface area contributed by atoms with Gasteiger partial charge in [0.05, 0.1) is 22.6 Å². The topological polar surface area (TPSA) is 103 Å². The van der Waals surface area contributed by atoms with E-state index >= 15 is 0 Å². The summed E-state index contributed by atoms with van der Waals surface area (Å²) in [5.74, 6) is -0.545. The number of hydrogen-bond donors (Lipinski definition) is 3. The second kappa shape index (κ2) is 7.53. The lowest BCUT2D eigenvalue weighted by Gasteiger charge is -2.32. The predicted octanol–water partition coefficient (Wildman–Crippen LogP) is 2.78. The summed E-state index contributed by atoms with van der Waals surface area (Å²) in [4.78, 5) is 23.9. The van der Waals surface area contributed by atoms with Crippen LogP contribution in [0.3, 0.4) is 0 Å². The van der Waals surface area contributed by atoms with Crippen LogP contribution in [0.15, 0.2) is 42.5 Å². The van der Waals surface area contributed by atoms with Crippen LogP contribution in [0.2, 0.25) is 0 Å². The molecule has 0 atom stereocenters. The molecule has 0 radical (unpaired) electrons. The average Bonchev–Trinajstić information content (AvgIpc) is 2.84. The largest absolute Gasteiger partial charge is 0.494 e. The van der Waals surface area contributed by atoms with E-state index in [9.17, 15) is 9.59 Å². The molecular weight excluding hydrogens is 369 g/mol. The van der Waals surface area contributed by atoms with Crippen molar-refractivity contribution in [2.75, 3.05) is 16.4 Å². The first-order valence-electron chi connectivity index (χ1n) is 9.42. The summed E-state index contributed by atoms with van der Waals surface area (Å²) in [6.07, 6.45) is 0. The van der Waals surface area contributed by atoms with E-state index in [2.05, 4.69) is 10.6 Å². The van der Waals surface area contributed by atoms with Crippen LogP contribution in [0, 0.1) is 0 Å². The number of nitrogens with one attached hydrogen (secondary N) is 2. The first-order chi connectivity index (χ1) is 13.5. The minimum Gasteiger partial charge on any atom is -0.399 e. The first kappa shape index (κ1) is 20.9. The summed E-state index contributed by atoms with van der Waals surface area (Å²) in [6.45, 7) is 9.34. The second-order valence-corrected chi connectivity index (χ2v) is 8.15. The van der Waals surface area contributed by atoms with E-state index in [0.29, 0.717) is 22.6 Å². The van der Waals surface area contributed by atoms with Gasteiger partial charge < -0.3 is 25.7 Å². The van der Waals surface area contributed by atoms with Crippen molar-refractivity contribution in [3.05, 3.63) is 48.0 Å². The molecule has 0 spiro atoms. The Kier molecular flexibility index (Phi) is 5.43. The van der Waals surface area contributed by atoms with Crippen LogP contribution in [0.25, 0.3) is 0 Å². The zero-order valence-corrected chi connectivity index (χ0v) is 17.3. The van der Waals surface area contributed by atoms with Crippen LogP contribution in [-0.2, 0) is 14.1 Å². The van der Waals surface area contributed by atoms with Gasteiger partial charge in [0.15, 0.2) is 0 Å². The third kappa shape index (κ3) is 4.44. The van der Waals surface area contributed by atoms with Gasteiger partial charge in [0.1, 0.15) is 0 Å². The van der Waals surface area contributed by atoms with E-state index in [1.165, 1.54) is 6.92 Å². The minimum atomic E-state index is -0.556. The highest BCUT2D eigenvalue weighted by molar-refractivity contribution is 6.62. The molecule has 0 saturated carbocycles. The van der Waals surface area contributed by atoms with Crippen LogP contribution < -0.4 is 21.8 Å². The van der Waals surface area contributed by atoms with Crippen molar-refractivity contribution in [2.24, 2.45) is 0 Å². The average molecular weight is 395 g/mol. The van der Waals surface area contributed by atoms with Gasteiger partial charge in [0, 0.05) is 18.2 Å². The van der Waals surface area contributed by atoms with Crippen LogP contribution in [0.4, 0.5) is 17.1 Å². The Morgan fingerprint density at radius 2 is 1.62 bits per heavy atom. The third-order valence-corrected chi connectivity index (χ3v) is 5.30. The Bertz CT molecular complexity index is 943. The summed E-state index contributed by atoms with van der Waals surface area (Å²) >= 11 is 0. The van der Waals surface area contributed by atoms with Gasteiger partial charge in [-0.3, -0.25) is 9.59 Å². The number of carbonyl (C=O) groups excluding carboxylic acids is 2. The van der Waals surface area contributed by atoms with Gasteiger partial charge in [-0.25, -0.2) is 0 Å². The monoisotopic (exact) mass is 395 g/mol. The lowest BCUT2D eigenvalue weighted by molar-refractivity contribution is -0.114. The van der Waals surface area contributed by atoms with Crippen LogP contribution >= 0.6 is 0 Å². The third-order valence-electron chi connectivity index (χ3n) is 5.30. The standard InChI is InChI=1S/C21H26BN3O4/c1-13(26)24-16-8-6-7-14(11-16)19(27)25-18-12-15(9-10-17(18)23)22-28-20(2,3)21(4,5)29-22/h6-12H,23H2,1-5H3,(H,24,26)(H,25,27). The van der Waals surface area contributed by atoms with Crippen molar-refractivity contribution < 1.29 is 18.9 Å². The zero-order chi connectivity index (χ0) is 21.4. The van der Waals surface area contributed by atoms with Crippen LogP contribution in [-0.4, -0.2) is 30.1 Å². The molecule has 7 nitrogen and oxygen atoms in total. The van der Waals surface area contributed by atoms with Gasteiger partial charge in [-0.2, -0.15) is 0 Å². The first-order valence-corrected chi connectivity index (χ1v) is 9.42. The van der Waals surface area contributed by atoms with E-state index in [1.54, 1.807) is 36.4 Å². The maximum Gasteiger partial charge on any atom is 0.494 e. The summed E-state index contributed by atoms with van der Waals surface area (Å²) < 4.78 is 12.1. The number of anilines is 3. The number of benzene rings is 2. The quantitative estimate of drug-likeness (QED) is 0.546. The molecule has 0 unspecified atom stereocenters. The van der Waals surface area contributed by atoms with Gasteiger partial charge in [0.25, 0.3) is 5.91 Å². The summed E-state index contributed by atoms with van der Waals surface area (Å²) in [7, 11) is -0.556. The molecule has 1 heterocycles. The van der Waals surface area contributed by atoms with E-state index in [0.717, 1.165) is 5.46 Å². The number of nitrogen functional groups attached to an aromatic ring is 1. The molecule has 29 heavy (non-hydrogen) atoms. The van der Waals surface area contributed by atoms with Crippen molar-refractivity contribution in [1.29, 1.82) is 0 Å². The Morgan fingerprint density at radius 1 is 0.966 bits per heavy atom. The molecule has 2 amide bonds. The molecule has 152 valence electrons. The Balaban J connectivity index is 1.81. The van der Waals surface area contributed by atoms with E-state index in [-0.39, 0.29) is 11.8 Å². The number of amides is 2. The molecule has 1 fully saturated rings. The van der Waals surface area contributed by atoms with Crippen molar-refractivity contribution >= 4 is 41.5 Å².